The molecule has 10 nitrogen and oxygen atoms in total. The maximum absolute atomic E-state index is 12.5. The molecule has 3 aromatic carbocycles. The zero-order valence-corrected chi connectivity index (χ0v) is 19.9. The topological polar surface area (TPSA) is 131 Å². The lowest BCUT2D eigenvalue weighted by Crippen LogP contribution is -2.46. The van der Waals surface area contributed by atoms with Crippen LogP contribution in [0, 0.1) is 10.1 Å². The number of carbonyl (C=O) groups excluding carboxylic acids is 1. The van der Waals surface area contributed by atoms with Crippen LogP contribution in [0.2, 0.25) is 0 Å². The van der Waals surface area contributed by atoms with Crippen molar-refractivity contribution < 1.29 is 22.9 Å². The third-order valence-corrected chi connectivity index (χ3v) is 6.16. The van der Waals surface area contributed by atoms with E-state index in [0.29, 0.717) is 17.0 Å². The van der Waals surface area contributed by atoms with Gasteiger partial charge in [0.1, 0.15) is 18.4 Å². The molecule has 182 valence electrons. The van der Waals surface area contributed by atoms with Gasteiger partial charge < -0.3 is 4.74 Å². The first-order valence-corrected chi connectivity index (χ1v) is 12.3. The van der Waals surface area contributed by atoms with Crippen molar-refractivity contribution in [1.82, 2.24) is 5.43 Å². The molecule has 0 aromatic heterocycles. The highest BCUT2D eigenvalue weighted by Crippen LogP contribution is 2.20. The van der Waals surface area contributed by atoms with Gasteiger partial charge in [0.25, 0.3) is 11.6 Å². The third kappa shape index (κ3) is 7.11. The Bertz CT molecular complexity index is 1290. The fourth-order valence-electron chi connectivity index (χ4n) is 3.18. The summed E-state index contributed by atoms with van der Waals surface area (Å²) in [6.07, 6.45) is 2.47. The van der Waals surface area contributed by atoms with Gasteiger partial charge in [-0.1, -0.05) is 18.2 Å². The summed E-state index contributed by atoms with van der Waals surface area (Å²) in [5, 5.41) is 14.6. The van der Waals surface area contributed by atoms with Gasteiger partial charge in [-0.3, -0.25) is 19.2 Å². The minimum absolute atomic E-state index is 0.0166. The van der Waals surface area contributed by atoms with Gasteiger partial charge in [0, 0.05) is 12.1 Å². The van der Waals surface area contributed by atoms with Crippen LogP contribution < -0.4 is 14.5 Å². The maximum Gasteiger partial charge on any atom is 0.269 e. The molecule has 0 saturated carbocycles. The quantitative estimate of drug-likeness (QED) is 0.260. The van der Waals surface area contributed by atoms with Gasteiger partial charge in [-0.25, -0.2) is 13.8 Å². The van der Waals surface area contributed by atoms with Gasteiger partial charge in [0.15, 0.2) is 0 Å². The van der Waals surface area contributed by atoms with E-state index >= 15 is 0 Å². The molecule has 0 heterocycles. The van der Waals surface area contributed by atoms with Gasteiger partial charge in [-0.05, 0) is 66.6 Å². The lowest BCUT2D eigenvalue weighted by Gasteiger charge is -2.27. The Hall–Kier alpha value is -4.25. The van der Waals surface area contributed by atoms with Crippen molar-refractivity contribution >= 4 is 33.5 Å². The average Bonchev–Trinajstić information content (AvgIpc) is 2.83. The number of sulfonamides is 1. The Balaban J connectivity index is 1.56. The summed E-state index contributed by atoms with van der Waals surface area (Å²) in [5.41, 5.74) is 4.24. The van der Waals surface area contributed by atoms with Crippen molar-refractivity contribution in [3.63, 3.8) is 0 Å². The molecule has 0 aliphatic rings. The summed E-state index contributed by atoms with van der Waals surface area (Å²) in [6.45, 7) is 1.73. The van der Waals surface area contributed by atoms with E-state index in [4.69, 9.17) is 4.74 Å². The third-order valence-electron chi connectivity index (χ3n) is 4.92. The van der Waals surface area contributed by atoms with Gasteiger partial charge in [0.05, 0.1) is 23.1 Å². The molecule has 35 heavy (non-hydrogen) atoms. The van der Waals surface area contributed by atoms with E-state index in [9.17, 15) is 23.3 Å². The molecular weight excluding hydrogens is 472 g/mol. The zero-order valence-electron chi connectivity index (χ0n) is 19.1. The van der Waals surface area contributed by atoms with Crippen LogP contribution in [0.4, 0.5) is 11.4 Å². The SMILES string of the molecule is C[C@@H](C(=O)N/N=C\c1ccc(OCc2ccc([N+](=O)[O-])cc2)cc1)N(c1ccccc1)S(C)(=O)=O. The van der Waals surface area contributed by atoms with E-state index < -0.39 is 26.9 Å². The lowest BCUT2D eigenvalue weighted by molar-refractivity contribution is -0.384. The van der Waals surface area contributed by atoms with Crippen molar-refractivity contribution in [2.45, 2.75) is 19.6 Å². The van der Waals surface area contributed by atoms with Crippen molar-refractivity contribution in [3.05, 3.63) is 100 Å². The molecule has 0 unspecified atom stereocenters. The largest absolute Gasteiger partial charge is 0.489 e. The molecule has 11 heteroatoms. The van der Waals surface area contributed by atoms with Crippen LogP contribution in [0.5, 0.6) is 5.75 Å². The van der Waals surface area contributed by atoms with Crippen LogP contribution in [0.15, 0.2) is 84.0 Å². The summed E-state index contributed by atoms with van der Waals surface area (Å²) in [6, 6.07) is 20.3. The Morgan fingerprint density at radius 3 is 2.29 bits per heavy atom. The number of nitro benzene ring substituents is 1. The number of nitrogens with zero attached hydrogens (tertiary/aromatic N) is 3. The lowest BCUT2D eigenvalue weighted by atomic mass is 10.2. The standard InChI is InChI=1S/C24H24N4O6S/c1-18(27(35(2,32)33)21-6-4-3-5-7-21)24(29)26-25-16-19-10-14-23(15-11-19)34-17-20-8-12-22(13-9-20)28(30)31/h3-16,18H,17H2,1-2H3,(H,26,29)/b25-16-/t18-/m0/s1. The van der Waals surface area contributed by atoms with Crippen LogP contribution in [0.25, 0.3) is 0 Å². The van der Waals surface area contributed by atoms with E-state index in [0.717, 1.165) is 16.1 Å². The fraction of sp³-hybridized carbons (Fsp3) is 0.167. The Labute approximate surface area is 203 Å². The number of hydrogen-bond acceptors (Lipinski definition) is 7. The number of rotatable bonds is 10. The van der Waals surface area contributed by atoms with Crippen LogP contribution in [-0.4, -0.2) is 37.8 Å². The number of non-ortho nitro benzene ring substituents is 1. The smallest absolute Gasteiger partial charge is 0.269 e. The van der Waals surface area contributed by atoms with Crippen molar-refractivity contribution in [2.75, 3.05) is 10.6 Å². The molecule has 0 aliphatic carbocycles. The number of hydrazone groups is 1. The molecule has 0 bridgehead atoms. The molecule has 1 amide bonds. The van der Waals surface area contributed by atoms with E-state index in [1.165, 1.54) is 25.3 Å². The monoisotopic (exact) mass is 496 g/mol. The molecule has 1 atom stereocenters. The first-order chi connectivity index (χ1) is 16.6. The zero-order chi connectivity index (χ0) is 25.4. The van der Waals surface area contributed by atoms with Gasteiger partial charge in [0.2, 0.25) is 10.0 Å². The van der Waals surface area contributed by atoms with Crippen molar-refractivity contribution in [3.8, 4) is 5.75 Å². The predicted octanol–water partition coefficient (Wildman–Crippen LogP) is 3.48. The minimum Gasteiger partial charge on any atom is -0.489 e. The van der Waals surface area contributed by atoms with E-state index in [2.05, 4.69) is 10.5 Å². The molecule has 3 rings (SSSR count). The average molecular weight is 497 g/mol. The molecule has 0 radical (unpaired) electrons. The summed E-state index contributed by atoms with van der Waals surface area (Å²) >= 11 is 0. The molecule has 0 aliphatic heterocycles. The second-order valence-corrected chi connectivity index (χ2v) is 9.45. The number of amides is 1. The summed E-state index contributed by atoms with van der Waals surface area (Å²) in [5.74, 6) is 0.00314. The maximum atomic E-state index is 12.5. The van der Waals surface area contributed by atoms with Gasteiger partial charge in [-0.2, -0.15) is 5.10 Å². The number of benzene rings is 3. The van der Waals surface area contributed by atoms with Gasteiger partial charge in [-0.15, -0.1) is 0 Å². The Morgan fingerprint density at radius 2 is 1.71 bits per heavy atom. The summed E-state index contributed by atoms with van der Waals surface area (Å²) in [4.78, 5) is 22.8. The fourth-order valence-corrected chi connectivity index (χ4v) is 4.35. The number of nitrogens with one attached hydrogen (secondary N) is 1. The summed E-state index contributed by atoms with van der Waals surface area (Å²) < 4.78 is 31.2. The highest BCUT2D eigenvalue weighted by molar-refractivity contribution is 7.92. The highest BCUT2D eigenvalue weighted by atomic mass is 32.2. The molecule has 0 spiro atoms. The van der Waals surface area contributed by atoms with Crippen LogP contribution >= 0.6 is 0 Å². The second kappa shape index (κ2) is 11.3. The molecule has 3 aromatic rings. The number of hydrogen-bond donors (Lipinski definition) is 1. The normalized spacial score (nSPS) is 12.2. The molecule has 0 saturated heterocycles. The molecule has 1 N–H and O–H groups in total. The molecular formula is C24H24N4O6S. The number of nitro groups is 1. The first kappa shape index (κ1) is 25.4. The Morgan fingerprint density at radius 1 is 1.09 bits per heavy atom. The number of anilines is 1. The Kier molecular flexibility index (Phi) is 8.16. The highest BCUT2D eigenvalue weighted by Gasteiger charge is 2.28. The van der Waals surface area contributed by atoms with E-state index in [1.807, 2.05) is 0 Å². The first-order valence-electron chi connectivity index (χ1n) is 10.5. The summed E-state index contributed by atoms with van der Waals surface area (Å²) in [7, 11) is -3.70. The number of ether oxygens (including phenoxy) is 1. The second-order valence-electron chi connectivity index (χ2n) is 7.59. The van der Waals surface area contributed by atoms with Crippen LogP contribution in [0.1, 0.15) is 18.1 Å². The van der Waals surface area contributed by atoms with Crippen LogP contribution in [-0.2, 0) is 21.4 Å². The number of carbonyl (C=O) groups is 1. The van der Waals surface area contributed by atoms with E-state index in [-0.39, 0.29) is 12.3 Å². The number of para-hydroxylation sites is 1. The minimum atomic E-state index is -3.70. The molecule has 0 fully saturated rings. The van der Waals surface area contributed by atoms with Gasteiger partial charge >= 0.3 is 0 Å². The van der Waals surface area contributed by atoms with Crippen LogP contribution in [0.3, 0.4) is 0 Å². The van der Waals surface area contributed by atoms with Crippen molar-refractivity contribution in [1.29, 1.82) is 0 Å². The van der Waals surface area contributed by atoms with Crippen molar-refractivity contribution in [2.24, 2.45) is 5.10 Å². The van der Waals surface area contributed by atoms with E-state index in [1.54, 1.807) is 66.7 Å². The predicted molar refractivity (Wildman–Crippen MR) is 133 cm³/mol.